The highest BCUT2D eigenvalue weighted by atomic mass is 35.5. The number of halogens is 1. The molecule has 1 aliphatic heterocycles. The Morgan fingerprint density at radius 1 is 1.34 bits per heavy atom. The van der Waals surface area contributed by atoms with Gasteiger partial charge in [-0.2, -0.15) is 10.1 Å². The minimum Gasteiger partial charge on any atom is -0.462 e. The summed E-state index contributed by atoms with van der Waals surface area (Å²) in [5.74, 6) is 1.60. The predicted octanol–water partition coefficient (Wildman–Crippen LogP) is 1.63. The second kappa shape index (κ2) is 12.2. The van der Waals surface area contributed by atoms with Crippen LogP contribution in [0.4, 0.5) is 5.95 Å². The standard InChI is InChI=1S/C25H29ClN5O9P/c1-14(2)38-22(34)15(3)30-41(36,40-16-7-5-4-6-8-16)37-13-18-19(32)25(35,10-11-26)23(39-18)31-12-9-17-20(31)28-24(27)29-21(17)33/h4-9,12,14-15,18-19,23,32,35H,13H2,1-3H3,(H,30,36)(H3,27,28,29,33)/t15-,18+,19?,23+,25+,41?/m0/s1. The molecule has 41 heavy (non-hydrogen) atoms. The van der Waals surface area contributed by atoms with Crippen LogP contribution in [0.15, 0.2) is 47.4 Å². The summed E-state index contributed by atoms with van der Waals surface area (Å²) in [5.41, 5.74) is 2.87. The number of carbonyl (C=O) groups is 1. The highest BCUT2D eigenvalue weighted by Crippen LogP contribution is 2.47. The van der Waals surface area contributed by atoms with Gasteiger partial charge in [0.1, 0.15) is 24.0 Å². The Kier molecular flexibility index (Phi) is 9.10. The van der Waals surface area contributed by atoms with Crippen molar-refractivity contribution in [1.29, 1.82) is 0 Å². The molecule has 1 aliphatic rings. The van der Waals surface area contributed by atoms with Crippen LogP contribution in [0.1, 0.15) is 27.0 Å². The van der Waals surface area contributed by atoms with Gasteiger partial charge in [-0.05, 0) is 56.5 Å². The number of fused-ring (bicyclic) bond motifs is 1. The number of benzene rings is 1. The topological polar surface area (TPSA) is 200 Å². The van der Waals surface area contributed by atoms with E-state index < -0.39 is 62.1 Å². The van der Waals surface area contributed by atoms with E-state index in [4.69, 9.17) is 35.9 Å². The van der Waals surface area contributed by atoms with Crippen molar-refractivity contribution in [2.45, 2.75) is 57.0 Å². The first kappa shape index (κ1) is 30.5. The van der Waals surface area contributed by atoms with Crippen molar-refractivity contribution in [2.75, 3.05) is 12.3 Å². The second-order valence-electron chi connectivity index (χ2n) is 9.46. The number of aromatic nitrogens is 3. The number of rotatable bonds is 10. The van der Waals surface area contributed by atoms with Gasteiger partial charge in [0.05, 0.1) is 18.1 Å². The van der Waals surface area contributed by atoms with Crippen LogP contribution in [0.25, 0.3) is 11.0 Å². The summed E-state index contributed by atoms with van der Waals surface area (Å²) in [4.78, 5) is 31.2. The lowest BCUT2D eigenvalue weighted by Crippen LogP contribution is -2.46. The lowest BCUT2D eigenvalue weighted by molar-refractivity contribution is -0.149. The maximum atomic E-state index is 13.8. The predicted molar refractivity (Wildman–Crippen MR) is 148 cm³/mol. The Bertz CT molecular complexity index is 1570. The molecule has 0 amide bonds. The van der Waals surface area contributed by atoms with Gasteiger partial charge < -0.3 is 34.5 Å². The maximum Gasteiger partial charge on any atom is 0.459 e. The monoisotopic (exact) mass is 609 g/mol. The van der Waals surface area contributed by atoms with Crippen molar-refractivity contribution >= 4 is 42.3 Å². The Balaban J connectivity index is 1.62. The number of aliphatic hydroxyl groups is 2. The minimum absolute atomic E-state index is 0.0389. The molecule has 2 unspecified atom stereocenters. The van der Waals surface area contributed by atoms with E-state index in [1.54, 1.807) is 32.0 Å². The van der Waals surface area contributed by atoms with Gasteiger partial charge in [0, 0.05) is 11.6 Å². The largest absolute Gasteiger partial charge is 0.462 e. The lowest BCUT2D eigenvalue weighted by atomic mass is 9.95. The zero-order valence-electron chi connectivity index (χ0n) is 22.2. The third-order valence-electron chi connectivity index (χ3n) is 6.02. The number of anilines is 1. The van der Waals surface area contributed by atoms with E-state index in [-0.39, 0.29) is 22.7 Å². The van der Waals surface area contributed by atoms with Crippen LogP contribution in [-0.2, 0) is 23.4 Å². The number of carbonyl (C=O) groups excluding carboxylic acids is 1. The number of nitrogens with one attached hydrogen (secondary N) is 2. The van der Waals surface area contributed by atoms with Gasteiger partial charge in [0.2, 0.25) is 11.5 Å². The first-order valence-corrected chi connectivity index (χ1v) is 14.3. The molecule has 2 aromatic heterocycles. The molecule has 14 nitrogen and oxygen atoms in total. The Morgan fingerprint density at radius 2 is 2.05 bits per heavy atom. The van der Waals surface area contributed by atoms with E-state index in [1.807, 2.05) is 5.38 Å². The van der Waals surface area contributed by atoms with Crippen molar-refractivity contribution in [3.63, 3.8) is 0 Å². The number of esters is 1. The van der Waals surface area contributed by atoms with Gasteiger partial charge in [-0.1, -0.05) is 18.2 Å². The zero-order valence-corrected chi connectivity index (χ0v) is 23.8. The van der Waals surface area contributed by atoms with Crippen molar-refractivity contribution < 1.29 is 38.1 Å². The number of aromatic amines is 1. The number of hydrogen-bond acceptors (Lipinski definition) is 11. The number of nitrogens with zero attached hydrogens (tertiary/aromatic N) is 2. The summed E-state index contributed by atoms with van der Waals surface area (Å²) in [5, 5.41) is 27.2. The summed E-state index contributed by atoms with van der Waals surface area (Å²) in [6, 6.07) is 8.35. The molecule has 1 aromatic carbocycles. The van der Waals surface area contributed by atoms with Crippen LogP contribution >= 0.6 is 19.3 Å². The first-order chi connectivity index (χ1) is 19.4. The number of nitrogens with two attached hydrogens (primary N) is 1. The van der Waals surface area contributed by atoms with E-state index in [2.05, 4.69) is 21.0 Å². The van der Waals surface area contributed by atoms with Gasteiger partial charge in [-0.25, -0.2) is 4.57 Å². The molecular formula is C25H29ClN5O9P. The normalized spacial score (nSPS) is 24.4. The van der Waals surface area contributed by atoms with E-state index >= 15 is 0 Å². The molecule has 0 spiro atoms. The molecule has 4 rings (SSSR count). The minimum atomic E-state index is -4.33. The quantitative estimate of drug-likeness (QED) is 0.127. The SMILES string of the molecule is CC(C)OC(=O)[C@H](C)NP(=O)(OC[C@H]1O[C@@H](n2ccc3c(=O)[nH]c(N)nc32)[C@@](O)(C#CCl)C1O)Oc1ccccc1. The first-order valence-electron chi connectivity index (χ1n) is 12.4. The molecule has 220 valence electrons. The summed E-state index contributed by atoms with van der Waals surface area (Å²) in [6.45, 7) is 4.13. The van der Waals surface area contributed by atoms with Crippen LogP contribution < -0.4 is 20.9 Å². The molecule has 3 aromatic rings. The molecule has 1 fully saturated rings. The molecule has 6 N–H and O–H groups in total. The molecule has 0 aliphatic carbocycles. The number of ether oxygens (including phenoxy) is 2. The van der Waals surface area contributed by atoms with Gasteiger partial charge >= 0.3 is 13.7 Å². The van der Waals surface area contributed by atoms with Crippen molar-refractivity contribution in [1.82, 2.24) is 19.6 Å². The molecule has 3 heterocycles. The van der Waals surface area contributed by atoms with E-state index in [9.17, 15) is 24.4 Å². The van der Waals surface area contributed by atoms with Crippen LogP contribution in [-0.4, -0.2) is 67.3 Å². The van der Waals surface area contributed by atoms with Crippen LogP contribution in [0.2, 0.25) is 0 Å². The number of aliphatic hydroxyl groups excluding tert-OH is 1. The van der Waals surface area contributed by atoms with Gasteiger partial charge in [-0.15, -0.1) is 0 Å². The summed E-state index contributed by atoms with van der Waals surface area (Å²) >= 11 is 5.61. The maximum absolute atomic E-state index is 13.8. The van der Waals surface area contributed by atoms with Crippen LogP contribution in [0, 0.1) is 11.3 Å². The van der Waals surface area contributed by atoms with Crippen LogP contribution in [0.3, 0.4) is 0 Å². The smallest absolute Gasteiger partial charge is 0.459 e. The van der Waals surface area contributed by atoms with Crippen molar-refractivity contribution in [3.05, 3.63) is 52.9 Å². The third-order valence-corrected chi connectivity index (χ3v) is 7.76. The van der Waals surface area contributed by atoms with E-state index in [0.29, 0.717) is 0 Å². The number of para-hydroxylation sites is 1. The number of H-pyrrole nitrogens is 1. The van der Waals surface area contributed by atoms with E-state index in [0.717, 1.165) is 0 Å². The average molecular weight is 610 g/mol. The van der Waals surface area contributed by atoms with Crippen LogP contribution in [0.5, 0.6) is 5.75 Å². The highest BCUT2D eigenvalue weighted by molar-refractivity contribution is 7.52. The zero-order chi connectivity index (χ0) is 29.9. The number of hydrogen-bond donors (Lipinski definition) is 5. The van der Waals surface area contributed by atoms with Gasteiger partial charge in [0.15, 0.2) is 11.9 Å². The molecular weight excluding hydrogens is 581 g/mol. The molecule has 1 saturated heterocycles. The molecule has 6 atom stereocenters. The van der Waals surface area contributed by atoms with Crippen molar-refractivity contribution in [2.24, 2.45) is 0 Å². The Hall–Kier alpha value is -3.41. The summed E-state index contributed by atoms with van der Waals surface area (Å²) in [6.07, 6.45) is -3.60. The highest BCUT2D eigenvalue weighted by Gasteiger charge is 2.56. The molecule has 0 bridgehead atoms. The fraction of sp³-hybridized carbons (Fsp3) is 0.400. The third kappa shape index (κ3) is 6.58. The molecule has 0 radical (unpaired) electrons. The Morgan fingerprint density at radius 3 is 2.71 bits per heavy atom. The van der Waals surface area contributed by atoms with Gasteiger partial charge in [0.25, 0.3) is 5.56 Å². The van der Waals surface area contributed by atoms with E-state index in [1.165, 1.54) is 35.9 Å². The Labute approximate surface area is 239 Å². The summed E-state index contributed by atoms with van der Waals surface area (Å²) in [7, 11) is -4.33. The average Bonchev–Trinajstić information content (AvgIpc) is 3.42. The fourth-order valence-corrected chi connectivity index (χ4v) is 5.80. The number of nitrogen functional groups attached to an aromatic ring is 1. The molecule has 0 saturated carbocycles. The molecule has 16 heteroatoms. The van der Waals surface area contributed by atoms with Crippen molar-refractivity contribution in [3.8, 4) is 17.0 Å². The second-order valence-corrected chi connectivity index (χ2v) is 11.3. The summed E-state index contributed by atoms with van der Waals surface area (Å²) < 4.78 is 37.4. The fourth-order valence-electron chi connectivity index (χ4n) is 4.15. The van der Waals surface area contributed by atoms with Gasteiger partial charge in [-0.3, -0.25) is 19.1 Å². The lowest BCUT2D eigenvalue weighted by Gasteiger charge is -2.26.